The molecule has 0 unspecified atom stereocenters. The van der Waals surface area contributed by atoms with Gasteiger partial charge in [-0.25, -0.2) is 4.98 Å². The van der Waals surface area contributed by atoms with E-state index in [1.54, 1.807) is 11.3 Å². The van der Waals surface area contributed by atoms with E-state index >= 15 is 0 Å². The van der Waals surface area contributed by atoms with Gasteiger partial charge in [-0.15, -0.1) is 11.3 Å². The van der Waals surface area contributed by atoms with E-state index in [2.05, 4.69) is 18.8 Å². The number of benzene rings is 1. The molecule has 0 saturated carbocycles. The molecule has 25 heavy (non-hydrogen) atoms. The molecule has 5 heteroatoms. The van der Waals surface area contributed by atoms with Gasteiger partial charge in [0.2, 0.25) is 0 Å². The van der Waals surface area contributed by atoms with E-state index in [0.29, 0.717) is 11.5 Å². The Bertz CT molecular complexity index is 823. The largest absolute Gasteiger partial charge is 0.342 e. The summed E-state index contributed by atoms with van der Waals surface area (Å²) < 4.78 is 2.00. The lowest BCUT2D eigenvalue weighted by molar-refractivity contribution is 0.0789. The third kappa shape index (κ3) is 3.82. The molecule has 3 aromatic rings. The molecule has 0 atom stereocenters. The maximum absolute atomic E-state index is 13.1. The minimum atomic E-state index is 0.0430. The van der Waals surface area contributed by atoms with Crippen LogP contribution in [0, 0.1) is 5.92 Å². The zero-order valence-corrected chi connectivity index (χ0v) is 15.7. The molecule has 1 amide bonds. The topological polar surface area (TPSA) is 38.1 Å². The monoisotopic (exact) mass is 353 g/mol. The van der Waals surface area contributed by atoms with Crippen molar-refractivity contribution in [2.75, 3.05) is 13.6 Å². The number of carbonyl (C=O) groups is 1. The molecule has 2 heterocycles. The van der Waals surface area contributed by atoms with Gasteiger partial charge in [0.25, 0.3) is 5.91 Å². The van der Waals surface area contributed by atoms with Gasteiger partial charge in [-0.05, 0) is 30.5 Å². The molecule has 4 nitrogen and oxygen atoms in total. The highest BCUT2D eigenvalue weighted by Crippen LogP contribution is 2.30. The molecule has 0 aliphatic rings. The first-order valence-corrected chi connectivity index (χ1v) is 9.42. The van der Waals surface area contributed by atoms with Crippen LogP contribution in [0.15, 0.2) is 53.6 Å². The molecule has 2 aromatic heterocycles. The number of nitrogens with zero attached hydrogens (tertiary/aromatic N) is 3. The lowest BCUT2D eigenvalue weighted by Crippen LogP contribution is -2.29. The molecule has 3 rings (SSSR count). The fraction of sp³-hybridized carbons (Fsp3) is 0.300. The van der Waals surface area contributed by atoms with E-state index in [1.807, 2.05) is 70.1 Å². The predicted octanol–water partition coefficient (Wildman–Crippen LogP) is 4.72. The number of thiazole rings is 1. The molecule has 0 aliphatic carbocycles. The summed E-state index contributed by atoms with van der Waals surface area (Å²) in [6.45, 7) is 5.10. The summed E-state index contributed by atoms with van der Waals surface area (Å²) in [6.07, 6.45) is 4.93. The van der Waals surface area contributed by atoms with Crippen molar-refractivity contribution in [3.63, 3.8) is 0 Å². The van der Waals surface area contributed by atoms with E-state index < -0.39 is 0 Å². The zero-order valence-electron chi connectivity index (χ0n) is 14.8. The Kier molecular flexibility index (Phi) is 5.34. The minimum absolute atomic E-state index is 0.0430. The maximum atomic E-state index is 13.1. The van der Waals surface area contributed by atoms with Crippen molar-refractivity contribution in [1.82, 2.24) is 14.5 Å². The molecule has 1 aromatic carbocycles. The second kappa shape index (κ2) is 7.66. The molecular formula is C20H23N3OS. The van der Waals surface area contributed by atoms with Gasteiger partial charge in [-0.3, -0.25) is 4.79 Å². The van der Waals surface area contributed by atoms with Gasteiger partial charge in [0.1, 0.15) is 0 Å². The van der Waals surface area contributed by atoms with Crippen molar-refractivity contribution in [2.45, 2.75) is 20.3 Å². The molecule has 0 saturated heterocycles. The number of hydrogen-bond acceptors (Lipinski definition) is 3. The Morgan fingerprint density at radius 1 is 1.24 bits per heavy atom. The lowest BCUT2D eigenvalue weighted by Gasteiger charge is -2.21. The third-order valence-electron chi connectivity index (χ3n) is 4.23. The number of para-hydroxylation sites is 1. The first-order chi connectivity index (χ1) is 12.1. The molecular weight excluding hydrogens is 330 g/mol. The van der Waals surface area contributed by atoms with E-state index in [0.717, 1.165) is 29.9 Å². The van der Waals surface area contributed by atoms with Crippen LogP contribution in [0.25, 0.3) is 16.9 Å². The highest BCUT2D eigenvalue weighted by Gasteiger charge is 2.20. The van der Waals surface area contributed by atoms with Crippen LogP contribution in [0.5, 0.6) is 0 Å². The van der Waals surface area contributed by atoms with Gasteiger partial charge in [-0.2, -0.15) is 0 Å². The van der Waals surface area contributed by atoms with Crippen molar-refractivity contribution >= 4 is 17.2 Å². The number of carbonyl (C=O) groups excluding carboxylic acids is 1. The first-order valence-electron chi connectivity index (χ1n) is 8.48. The second-order valence-electron chi connectivity index (χ2n) is 6.57. The molecule has 130 valence electrons. The predicted molar refractivity (Wildman–Crippen MR) is 103 cm³/mol. The van der Waals surface area contributed by atoms with Crippen molar-refractivity contribution < 1.29 is 4.79 Å². The lowest BCUT2D eigenvalue weighted by atomic mass is 10.0. The van der Waals surface area contributed by atoms with Crippen LogP contribution < -0.4 is 0 Å². The Labute approximate surface area is 152 Å². The van der Waals surface area contributed by atoms with E-state index in [4.69, 9.17) is 0 Å². The summed E-state index contributed by atoms with van der Waals surface area (Å²) in [5.41, 5.74) is 5.28. The van der Waals surface area contributed by atoms with Crippen molar-refractivity contribution in [3.8, 4) is 16.9 Å². The van der Waals surface area contributed by atoms with Crippen LogP contribution in [0.1, 0.15) is 30.6 Å². The number of hydrogen-bond donors (Lipinski definition) is 0. The Morgan fingerprint density at radius 3 is 2.64 bits per heavy atom. The fourth-order valence-electron chi connectivity index (χ4n) is 2.79. The third-order valence-corrected chi connectivity index (χ3v) is 4.81. The van der Waals surface area contributed by atoms with Crippen LogP contribution in [0.2, 0.25) is 0 Å². The highest BCUT2D eigenvalue weighted by molar-refractivity contribution is 7.07. The Hall–Kier alpha value is -2.40. The number of rotatable bonds is 6. The summed E-state index contributed by atoms with van der Waals surface area (Å²) in [5.74, 6) is 0.613. The minimum Gasteiger partial charge on any atom is -0.342 e. The maximum Gasteiger partial charge on any atom is 0.255 e. The van der Waals surface area contributed by atoms with Gasteiger partial charge in [0, 0.05) is 36.9 Å². The van der Waals surface area contributed by atoms with Crippen LogP contribution in [0.3, 0.4) is 0 Å². The molecule has 0 spiro atoms. The van der Waals surface area contributed by atoms with Gasteiger partial charge >= 0.3 is 0 Å². The average Bonchev–Trinajstić information content (AvgIpc) is 3.31. The van der Waals surface area contributed by atoms with Gasteiger partial charge in [-0.1, -0.05) is 26.0 Å². The van der Waals surface area contributed by atoms with Gasteiger partial charge in [0.05, 0.1) is 22.5 Å². The summed E-state index contributed by atoms with van der Waals surface area (Å²) >= 11 is 1.56. The molecule has 0 bridgehead atoms. The fourth-order valence-corrected chi connectivity index (χ4v) is 3.34. The van der Waals surface area contributed by atoms with E-state index in [1.165, 1.54) is 0 Å². The summed E-state index contributed by atoms with van der Waals surface area (Å²) in [7, 11) is 1.87. The quantitative estimate of drug-likeness (QED) is 0.643. The summed E-state index contributed by atoms with van der Waals surface area (Å²) in [6, 6.07) is 9.79. The molecule has 0 N–H and O–H groups in total. The Balaban J connectivity index is 2.05. The van der Waals surface area contributed by atoms with E-state index in [9.17, 15) is 4.79 Å². The van der Waals surface area contributed by atoms with Crippen LogP contribution in [-0.2, 0) is 0 Å². The summed E-state index contributed by atoms with van der Waals surface area (Å²) in [5, 5.41) is 2.01. The van der Waals surface area contributed by atoms with Crippen molar-refractivity contribution in [2.24, 2.45) is 5.92 Å². The van der Waals surface area contributed by atoms with Gasteiger partial charge in [0.15, 0.2) is 0 Å². The van der Waals surface area contributed by atoms with Gasteiger partial charge < -0.3 is 9.47 Å². The van der Waals surface area contributed by atoms with Crippen LogP contribution in [0.4, 0.5) is 0 Å². The van der Waals surface area contributed by atoms with E-state index in [-0.39, 0.29) is 5.91 Å². The van der Waals surface area contributed by atoms with Crippen LogP contribution >= 0.6 is 11.3 Å². The normalized spacial score (nSPS) is 11.0. The highest BCUT2D eigenvalue weighted by atomic mass is 32.1. The second-order valence-corrected chi connectivity index (χ2v) is 7.29. The average molecular weight is 353 g/mol. The summed E-state index contributed by atoms with van der Waals surface area (Å²) in [4.78, 5) is 19.3. The SMILES string of the molecule is CC(C)CCN(C)C(=O)c1cccc(-c2cscn2)c1-n1cccc1. The van der Waals surface area contributed by atoms with Crippen molar-refractivity contribution in [3.05, 3.63) is 59.2 Å². The first kappa shape index (κ1) is 17.4. The van der Waals surface area contributed by atoms with Crippen molar-refractivity contribution in [1.29, 1.82) is 0 Å². The molecule has 0 radical (unpaired) electrons. The zero-order chi connectivity index (χ0) is 17.8. The smallest absolute Gasteiger partial charge is 0.255 e. The molecule has 0 fully saturated rings. The number of amides is 1. The molecule has 0 aliphatic heterocycles. The Morgan fingerprint density at radius 2 is 2.00 bits per heavy atom. The van der Waals surface area contributed by atoms with Crippen LogP contribution in [-0.4, -0.2) is 34.0 Å². The standard InChI is InChI=1S/C20H23N3OS/c1-15(2)9-12-22(3)20(24)17-8-6-7-16(18-13-25-14-21-18)19(17)23-10-4-5-11-23/h4-8,10-11,13-15H,9,12H2,1-3H3. The number of aromatic nitrogens is 2.